The Morgan fingerprint density at radius 2 is 2.08 bits per heavy atom. The second kappa shape index (κ2) is 6.03. The van der Waals surface area contributed by atoms with E-state index in [2.05, 4.69) is 20.9 Å². The number of rotatable bonds is 3. The lowest BCUT2D eigenvalue weighted by atomic mass is 10.2. The van der Waals surface area contributed by atoms with E-state index in [-0.39, 0.29) is 12.2 Å². The zero-order valence-electron chi connectivity index (χ0n) is 14.2. The molecule has 0 atom stereocenters. The van der Waals surface area contributed by atoms with E-state index in [1.807, 2.05) is 35.9 Å². The van der Waals surface area contributed by atoms with Gasteiger partial charge in [0.1, 0.15) is 17.9 Å². The molecule has 0 bridgehead atoms. The highest BCUT2D eigenvalue weighted by Crippen LogP contribution is 2.24. The molecule has 4 rings (SSSR count). The first-order valence-electron chi connectivity index (χ1n) is 7.96. The van der Waals surface area contributed by atoms with Gasteiger partial charge in [-0.3, -0.25) is 10.1 Å². The van der Waals surface area contributed by atoms with Crippen molar-refractivity contribution in [2.75, 3.05) is 5.32 Å². The molecule has 3 aromatic heterocycles. The van der Waals surface area contributed by atoms with E-state index in [1.54, 1.807) is 19.2 Å². The summed E-state index contributed by atoms with van der Waals surface area (Å²) < 4.78 is 7.91. The van der Waals surface area contributed by atoms with Gasteiger partial charge in [0.25, 0.3) is 5.56 Å². The summed E-state index contributed by atoms with van der Waals surface area (Å²) in [5.74, 6) is 0.879. The number of carbonyl (C=O) groups is 1. The number of urea groups is 1. The summed E-state index contributed by atoms with van der Waals surface area (Å²) in [5, 5.41) is 14.7. The number of para-hydroxylation sites is 1. The molecule has 0 aliphatic rings. The molecule has 0 saturated carbocycles. The summed E-state index contributed by atoms with van der Waals surface area (Å²) >= 11 is 0. The summed E-state index contributed by atoms with van der Waals surface area (Å²) in [6.07, 6.45) is 1.64. The van der Waals surface area contributed by atoms with Gasteiger partial charge in [0, 0.05) is 29.4 Å². The lowest BCUT2D eigenvalue weighted by Gasteiger charge is -2.07. The van der Waals surface area contributed by atoms with Crippen molar-refractivity contribution >= 4 is 33.7 Å². The van der Waals surface area contributed by atoms with Crippen LogP contribution in [0.4, 0.5) is 10.6 Å². The fourth-order valence-corrected chi connectivity index (χ4v) is 2.96. The zero-order chi connectivity index (χ0) is 18.3. The summed E-state index contributed by atoms with van der Waals surface area (Å²) in [7, 11) is 1.84. The number of hydrogen-bond acceptors (Lipinski definition) is 5. The van der Waals surface area contributed by atoms with Gasteiger partial charge in [0.15, 0.2) is 5.82 Å². The van der Waals surface area contributed by atoms with Gasteiger partial charge in [-0.05, 0) is 13.0 Å². The molecule has 1 aromatic carbocycles. The highest BCUT2D eigenvalue weighted by molar-refractivity contribution is 6.07. The number of hydrogen-bond donors (Lipinski definition) is 2. The van der Waals surface area contributed by atoms with Crippen molar-refractivity contribution in [2.24, 2.45) is 7.05 Å². The Morgan fingerprint density at radius 1 is 1.27 bits per heavy atom. The van der Waals surface area contributed by atoms with E-state index >= 15 is 0 Å². The highest BCUT2D eigenvalue weighted by atomic mass is 16.5. The summed E-state index contributed by atoms with van der Waals surface area (Å²) in [4.78, 5) is 24.7. The van der Waals surface area contributed by atoms with Crippen LogP contribution in [0.1, 0.15) is 5.76 Å². The second-order valence-corrected chi connectivity index (χ2v) is 5.90. The second-order valence-electron chi connectivity index (χ2n) is 5.90. The van der Waals surface area contributed by atoms with Gasteiger partial charge in [-0.1, -0.05) is 23.4 Å². The molecule has 3 heterocycles. The highest BCUT2D eigenvalue weighted by Gasteiger charge is 2.14. The van der Waals surface area contributed by atoms with Gasteiger partial charge in [-0.25, -0.2) is 9.48 Å². The molecule has 26 heavy (non-hydrogen) atoms. The van der Waals surface area contributed by atoms with E-state index in [0.29, 0.717) is 17.1 Å². The number of benzene rings is 1. The molecule has 9 heteroatoms. The molecular weight excluding hydrogens is 336 g/mol. The van der Waals surface area contributed by atoms with Gasteiger partial charge in [-0.15, -0.1) is 0 Å². The molecule has 0 spiro atoms. The molecule has 0 unspecified atom stereocenters. The zero-order valence-corrected chi connectivity index (χ0v) is 14.2. The van der Waals surface area contributed by atoms with Crippen LogP contribution in [0.2, 0.25) is 0 Å². The van der Waals surface area contributed by atoms with Gasteiger partial charge < -0.3 is 14.4 Å². The maximum absolute atomic E-state index is 12.8. The lowest BCUT2D eigenvalue weighted by molar-refractivity contribution is 0.248. The van der Waals surface area contributed by atoms with E-state index in [0.717, 1.165) is 16.3 Å². The van der Waals surface area contributed by atoms with Crippen molar-refractivity contribution in [1.29, 1.82) is 0 Å². The average Bonchev–Trinajstić information content (AvgIpc) is 3.16. The number of nitrogens with zero attached hydrogens (tertiary/aromatic N) is 4. The molecular formula is C17H16N6O3. The monoisotopic (exact) mass is 352 g/mol. The number of anilines is 1. The first-order valence-corrected chi connectivity index (χ1v) is 7.96. The van der Waals surface area contributed by atoms with Crippen molar-refractivity contribution in [2.45, 2.75) is 13.6 Å². The van der Waals surface area contributed by atoms with Gasteiger partial charge in [-0.2, -0.15) is 5.10 Å². The van der Waals surface area contributed by atoms with Crippen LogP contribution in [0.5, 0.6) is 0 Å². The van der Waals surface area contributed by atoms with Crippen molar-refractivity contribution in [1.82, 2.24) is 24.8 Å². The molecule has 9 nitrogen and oxygen atoms in total. The smallest absolute Gasteiger partial charge is 0.321 e. The molecule has 0 aliphatic carbocycles. The Hall–Kier alpha value is -3.62. The fourth-order valence-electron chi connectivity index (χ4n) is 2.96. The molecule has 0 aliphatic heterocycles. The minimum atomic E-state index is -0.510. The normalized spacial score (nSPS) is 11.2. The predicted octanol–water partition coefficient (Wildman–Crippen LogP) is 1.96. The van der Waals surface area contributed by atoms with Crippen molar-refractivity contribution < 1.29 is 9.32 Å². The summed E-state index contributed by atoms with van der Waals surface area (Å²) in [6, 6.07) is 8.82. The lowest BCUT2D eigenvalue weighted by Crippen LogP contribution is -2.36. The Balaban J connectivity index is 1.60. The molecule has 4 aromatic rings. The third kappa shape index (κ3) is 2.59. The van der Waals surface area contributed by atoms with Crippen LogP contribution in [0.25, 0.3) is 21.8 Å². The van der Waals surface area contributed by atoms with Crippen molar-refractivity contribution in [3.05, 3.63) is 52.6 Å². The third-order valence-electron chi connectivity index (χ3n) is 4.17. The maximum atomic E-state index is 12.8. The first-order chi connectivity index (χ1) is 12.5. The minimum Gasteiger partial charge on any atom is -0.360 e. The van der Waals surface area contributed by atoms with Crippen LogP contribution in [0.15, 0.2) is 45.8 Å². The van der Waals surface area contributed by atoms with E-state index < -0.39 is 6.03 Å². The number of amides is 2. The first kappa shape index (κ1) is 15.9. The van der Waals surface area contributed by atoms with E-state index in [4.69, 9.17) is 4.52 Å². The fraction of sp³-hybridized carbons (Fsp3) is 0.176. The van der Waals surface area contributed by atoms with Crippen LogP contribution in [0.3, 0.4) is 0 Å². The van der Waals surface area contributed by atoms with Crippen LogP contribution in [-0.2, 0) is 13.7 Å². The topological polar surface area (TPSA) is 107 Å². The SMILES string of the molecule is Cc1cc(NC(=O)NCn2ncc3c4ccccc4n(C)c3c2=O)no1. The molecule has 0 fully saturated rings. The van der Waals surface area contributed by atoms with E-state index in [1.165, 1.54) is 4.68 Å². The Bertz CT molecular complexity index is 1190. The van der Waals surface area contributed by atoms with Crippen LogP contribution in [-0.4, -0.2) is 25.5 Å². The standard InChI is InChI=1S/C17H16N6O3/c1-10-7-14(21-26-10)20-17(25)18-9-23-16(24)15-12(8-19-23)11-5-3-4-6-13(11)22(15)2/h3-8H,9H2,1-2H3,(H2,18,20,21,25). The number of fused-ring (bicyclic) bond motifs is 3. The minimum absolute atomic E-state index is 0.0705. The van der Waals surface area contributed by atoms with Gasteiger partial charge in [0.05, 0.1) is 6.20 Å². The number of nitrogens with one attached hydrogen (secondary N) is 2. The molecule has 0 saturated heterocycles. The molecule has 0 radical (unpaired) electrons. The Morgan fingerprint density at radius 3 is 2.85 bits per heavy atom. The Labute approximate surface area is 147 Å². The van der Waals surface area contributed by atoms with Crippen molar-refractivity contribution in [3.63, 3.8) is 0 Å². The number of aromatic nitrogens is 4. The van der Waals surface area contributed by atoms with Crippen LogP contribution >= 0.6 is 0 Å². The average molecular weight is 352 g/mol. The molecule has 2 amide bonds. The predicted molar refractivity (Wildman–Crippen MR) is 95.9 cm³/mol. The maximum Gasteiger partial charge on any atom is 0.321 e. The molecule has 2 N–H and O–H groups in total. The van der Waals surface area contributed by atoms with Gasteiger partial charge in [0.2, 0.25) is 0 Å². The van der Waals surface area contributed by atoms with Crippen LogP contribution < -0.4 is 16.2 Å². The van der Waals surface area contributed by atoms with Crippen LogP contribution in [0, 0.1) is 6.92 Å². The third-order valence-corrected chi connectivity index (χ3v) is 4.17. The largest absolute Gasteiger partial charge is 0.360 e. The number of carbonyl (C=O) groups excluding carboxylic acids is 1. The van der Waals surface area contributed by atoms with Gasteiger partial charge >= 0.3 is 6.03 Å². The van der Waals surface area contributed by atoms with Crippen molar-refractivity contribution in [3.8, 4) is 0 Å². The molecule has 132 valence electrons. The van der Waals surface area contributed by atoms with E-state index in [9.17, 15) is 9.59 Å². The summed E-state index contributed by atoms with van der Waals surface area (Å²) in [6.45, 7) is 1.65. The number of aryl methyl sites for hydroxylation is 2. The Kier molecular flexibility index (Phi) is 3.68. The summed E-state index contributed by atoms with van der Waals surface area (Å²) in [5.41, 5.74) is 1.21. The quantitative estimate of drug-likeness (QED) is 0.586.